The number of esters is 1. The molecule has 1 unspecified atom stereocenters. The minimum Gasteiger partial charge on any atom is -0.480 e. The fourth-order valence-electron chi connectivity index (χ4n) is 2.01. The van der Waals surface area contributed by atoms with Crippen molar-refractivity contribution < 1.29 is 24.2 Å². The molecule has 2 N–H and O–H groups in total. The second kappa shape index (κ2) is 7.97. The molecule has 0 aromatic heterocycles. The minimum atomic E-state index is -1.11. The van der Waals surface area contributed by atoms with Crippen molar-refractivity contribution in [3.8, 4) is 5.75 Å². The number of benzene rings is 1. The Morgan fingerprint density at radius 2 is 2.05 bits per heavy atom. The van der Waals surface area contributed by atoms with Gasteiger partial charge in [0.05, 0.1) is 0 Å². The van der Waals surface area contributed by atoms with Crippen LogP contribution in [0.3, 0.4) is 0 Å². The van der Waals surface area contributed by atoms with Crippen molar-refractivity contribution in [3.63, 3.8) is 0 Å². The molecule has 0 aliphatic carbocycles. The van der Waals surface area contributed by atoms with Gasteiger partial charge in [0.15, 0.2) is 0 Å². The van der Waals surface area contributed by atoms with Gasteiger partial charge < -0.3 is 15.2 Å². The highest BCUT2D eigenvalue weighted by Gasteiger charge is 2.19. The van der Waals surface area contributed by atoms with Gasteiger partial charge in [-0.1, -0.05) is 18.2 Å². The molecule has 1 rings (SSSR count). The molecule has 1 amide bonds. The first kappa shape index (κ1) is 17.4. The average Bonchev–Trinajstić information content (AvgIpc) is 2.40. The number of carbonyl (C=O) groups is 3. The van der Waals surface area contributed by atoms with Gasteiger partial charge in [-0.15, -0.1) is 6.58 Å². The Labute approximate surface area is 128 Å². The van der Waals surface area contributed by atoms with Crippen LogP contribution in [-0.2, 0) is 27.2 Å². The van der Waals surface area contributed by atoms with E-state index in [0.29, 0.717) is 17.7 Å². The lowest BCUT2D eigenvalue weighted by Gasteiger charge is -2.15. The maximum absolute atomic E-state index is 11.2. The van der Waals surface area contributed by atoms with Gasteiger partial charge in [-0.3, -0.25) is 9.59 Å². The molecule has 1 atom stereocenters. The van der Waals surface area contributed by atoms with E-state index in [-0.39, 0.29) is 6.42 Å². The number of nitrogens with one attached hydrogen (secondary N) is 1. The second-order valence-electron chi connectivity index (χ2n) is 4.82. The lowest BCUT2D eigenvalue weighted by molar-refractivity contribution is -0.141. The topological polar surface area (TPSA) is 92.7 Å². The minimum absolute atomic E-state index is 0.138. The maximum atomic E-state index is 11.2. The SMILES string of the molecule is C=CCc1cc(CC(NC(C)=O)C(=O)O)ccc1OC(C)=O. The van der Waals surface area contributed by atoms with Crippen LogP contribution in [0.5, 0.6) is 5.75 Å². The summed E-state index contributed by atoms with van der Waals surface area (Å²) in [7, 11) is 0. The van der Waals surface area contributed by atoms with E-state index >= 15 is 0 Å². The molecule has 0 saturated carbocycles. The quantitative estimate of drug-likeness (QED) is 0.452. The zero-order valence-electron chi connectivity index (χ0n) is 12.6. The van der Waals surface area contributed by atoms with Gasteiger partial charge in [0.25, 0.3) is 0 Å². The third-order valence-corrected chi connectivity index (χ3v) is 2.86. The van der Waals surface area contributed by atoms with Crippen LogP contribution in [0.1, 0.15) is 25.0 Å². The van der Waals surface area contributed by atoms with Crippen LogP contribution in [0.15, 0.2) is 30.9 Å². The number of carboxylic acids is 1. The molecule has 0 bridgehead atoms. The van der Waals surface area contributed by atoms with Gasteiger partial charge in [-0.05, 0) is 23.6 Å². The van der Waals surface area contributed by atoms with Crippen molar-refractivity contribution >= 4 is 17.8 Å². The number of aliphatic carboxylic acids is 1. The summed E-state index contributed by atoms with van der Waals surface area (Å²) in [5.41, 5.74) is 1.45. The number of carboxylic acid groups (broad SMARTS) is 1. The Morgan fingerprint density at radius 3 is 2.55 bits per heavy atom. The van der Waals surface area contributed by atoms with Crippen LogP contribution in [0.25, 0.3) is 0 Å². The molecule has 6 nitrogen and oxygen atoms in total. The molecular weight excluding hydrogens is 286 g/mol. The largest absolute Gasteiger partial charge is 0.480 e. The highest BCUT2D eigenvalue weighted by molar-refractivity contribution is 5.82. The van der Waals surface area contributed by atoms with Gasteiger partial charge in [0, 0.05) is 20.3 Å². The number of hydrogen-bond acceptors (Lipinski definition) is 4. The van der Waals surface area contributed by atoms with E-state index in [1.165, 1.54) is 13.8 Å². The van der Waals surface area contributed by atoms with Crippen molar-refractivity contribution in [2.24, 2.45) is 0 Å². The van der Waals surface area contributed by atoms with Crippen LogP contribution in [0, 0.1) is 0 Å². The van der Waals surface area contributed by atoms with Crippen LogP contribution in [0.4, 0.5) is 0 Å². The fourth-order valence-corrected chi connectivity index (χ4v) is 2.01. The standard InChI is InChI=1S/C16H19NO5/c1-4-5-13-8-12(6-7-15(13)22-11(3)19)9-14(16(20)21)17-10(2)18/h4,6-8,14H,1,5,9H2,2-3H3,(H,17,18)(H,20,21). The van der Waals surface area contributed by atoms with Crippen LogP contribution in [0.2, 0.25) is 0 Å². The monoisotopic (exact) mass is 305 g/mol. The van der Waals surface area contributed by atoms with Gasteiger partial charge in [-0.2, -0.15) is 0 Å². The molecule has 0 aliphatic rings. The molecule has 118 valence electrons. The molecule has 6 heteroatoms. The number of ether oxygens (including phenoxy) is 1. The number of hydrogen-bond donors (Lipinski definition) is 2. The van der Waals surface area contributed by atoms with E-state index in [2.05, 4.69) is 11.9 Å². The van der Waals surface area contributed by atoms with Gasteiger partial charge in [0.2, 0.25) is 5.91 Å². The van der Waals surface area contributed by atoms with E-state index < -0.39 is 23.9 Å². The predicted octanol–water partition coefficient (Wildman–Crippen LogP) is 1.47. The average molecular weight is 305 g/mol. The second-order valence-corrected chi connectivity index (χ2v) is 4.82. The summed E-state index contributed by atoms with van der Waals surface area (Å²) in [6.45, 7) is 6.22. The van der Waals surface area contributed by atoms with Crippen molar-refractivity contribution in [1.29, 1.82) is 0 Å². The molecule has 0 aliphatic heterocycles. The first-order valence-electron chi connectivity index (χ1n) is 6.74. The molecule has 0 spiro atoms. The molecule has 0 heterocycles. The maximum Gasteiger partial charge on any atom is 0.326 e. The molecule has 0 radical (unpaired) electrons. The van der Waals surface area contributed by atoms with Gasteiger partial charge in [0.1, 0.15) is 11.8 Å². The number of amides is 1. The van der Waals surface area contributed by atoms with E-state index in [9.17, 15) is 14.4 Å². The van der Waals surface area contributed by atoms with Crippen molar-refractivity contribution in [2.75, 3.05) is 0 Å². The van der Waals surface area contributed by atoms with Crippen molar-refractivity contribution in [2.45, 2.75) is 32.7 Å². The smallest absolute Gasteiger partial charge is 0.326 e. The molecule has 1 aromatic rings. The summed E-state index contributed by atoms with van der Waals surface area (Å²) in [6.07, 6.45) is 2.28. The highest BCUT2D eigenvalue weighted by atomic mass is 16.5. The van der Waals surface area contributed by atoms with Crippen LogP contribution in [-0.4, -0.2) is 29.0 Å². The van der Waals surface area contributed by atoms with E-state index in [1.807, 2.05) is 0 Å². The number of allylic oxidation sites excluding steroid dienone is 1. The zero-order valence-corrected chi connectivity index (χ0v) is 12.6. The van der Waals surface area contributed by atoms with Gasteiger partial charge in [-0.25, -0.2) is 4.79 Å². The summed E-state index contributed by atoms with van der Waals surface area (Å²) in [4.78, 5) is 33.3. The van der Waals surface area contributed by atoms with Crippen molar-refractivity contribution in [3.05, 3.63) is 42.0 Å². The van der Waals surface area contributed by atoms with Gasteiger partial charge >= 0.3 is 11.9 Å². The van der Waals surface area contributed by atoms with E-state index in [0.717, 1.165) is 5.56 Å². The number of rotatable bonds is 7. The Morgan fingerprint density at radius 1 is 1.36 bits per heavy atom. The molecule has 22 heavy (non-hydrogen) atoms. The first-order chi connectivity index (χ1) is 10.3. The summed E-state index contributed by atoms with van der Waals surface area (Å²) < 4.78 is 5.10. The summed E-state index contributed by atoms with van der Waals surface area (Å²) in [5.74, 6) is -1.53. The zero-order chi connectivity index (χ0) is 16.7. The lowest BCUT2D eigenvalue weighted by atomic mass is 10.0. The summed E-state index contributed by atoms with van der Waals surface area (Å²) in [5, 5.41) is 11.5. The Balaban J connectivity index is 3.01. The fraction of sp³-hybridized carbons (Fsp3) is 0.312. The van der Waals surface area contributed by atoms with Crippen LogP contribution >= 0.6 is 0 Å². The molecule has 0 saturated heterocycles. The molecular formula is C16H19NO5. The molecule has 1 aromatic carbocycles. The predicted molar refractivity (Wildman–Crippen MR) is 80.6 cm³/mol. The Bertz CT molecular complexity index is 594. The summed E-state index contributed by atoms with van der Waals surface area (Å²) >= 11 is 0. The third-order valence-electron chi connectivity index (χ3n) is 2.86. The first-order valence-corrected chi connectivity index (χ1v) is 6.74. The van der Waals surface area contributed by atoms with Crippen molar-refractivity contribution in [1.82, 2.24) is 5.32 Å². The van der Waals surface area contributed by atoms with E-state index in [1.54, 1.807) is 24.3 Å². The molecule has 0 fully saturated rings. The third kappa shape index (κ3) is 5.40. The number of carbonyl (C=O) groups excluding carboxylic acids is 2. The summed E-state index contributed by atoms with van der Waals surface area (Å²) in [6, 6.07) is 4.02. The Kier molecular flexibility index (Phi) is 6.31. The van der Waals surface area contributed by atoms with Crippen LogP contribution < -0.4 is 10.1 Å². The normalized spacial score (nSPS) is 11.4. The highest BCUT2D eigenvalue weighted by Crippen LogP contribution is 2.22. The van der Waals surface area contributed by atoms with E-state index in [4.69, 9.17) is 9.84 Å². The lowest BCUT2D eigenvalue weighted by Crippen LogP contribution is -2.41. The Hall–Kier alpha value is -2.63.